The van der Waals surface area contributed by atoms with E-state index < -0.39 is 0 Å². The summed E-state index contributed by atoms with van der Waals surface area (Å²) >= 11 is 0. The van der Waals surface area contributed by atoms with Crippen LogP contribution in [0.2, 0.25) is 0 Å². The molecule has 1 aromatic carbocycles. The molecular weight excluding hydrogens is 360 g/mol. The maximum absolute atomic E-state index is 13.0. The molecule has 4 nitrogen and oxygen atoms in total. The number of amides is 2. The third kappa shape index (κ3) is 6.73. The molecule has 0 aromatic heterocycles. The van der Waals surface area contributed by atoms with E-state index in [-0.39, 0.29) is 29.3 Å². The molecule has 1 N–H and O–H groups in total. The lowest BCUT2D eigenvalue weighted by molar-refractivity contribution is -0.142. The minimum atomic E-state index is -0.390. The number of carbonyl (C=O) groups excluding carboxylic acids is 2. The largest absolute Gasteiger partial charge is 0.350 e. The zero-order valence-corrected chi connectivity index (χ0v) is 19.2. The molecule has 0 aliphatic carbocycles. The Morgan fingerprint density at radius 2 is 1.69 bits per heavy atom. The Labute approximate surface area is 176 Å². The molecule has 2 rings (SSSR count). The molecule has 4 heteroatoms. The molecule has 29 heavy (non-hydrogen) atoms. The number of hydrogen-bond acceptors (Lipinski definition) is 2. The lowest BCUT2D eigenvalue weighted by Gasteiger charge is -2.40. The van der Waals surface area contributed by atoms with Gasteiger partial charge in [-0.25, -0.2) is 0 Å². The monoisotopic (exact) mass is 398 g/mol. The van der Waals surface area contributed by atoms with Crippen LogP contribution in [-0.2, 0) is 15.0 Å². The minimum Gasteiger partial charge on any atom is -0.350 e. The molecular formula is C25H38N2O2. The van der Waals surface area contributed by atoms with Crippen molar-refractivity contribution in [2.45, 2.75) is 78.8 Å². The fraction of sp³-hybridized carbons (Fsp3) is 0.600. The molecule has 1 fully saturated rings. The Morgan fingerprint density at radius 3 is 2.21 bits per heavy atom. The molecule has 0 saturated carbocycles. The third-order valence-corrected chi connectivity index (χ3v) is 5.37. The van der Waals surface area contributed by atoms with Crippen molar-refractivity contribution in [3.63, 3.8) is 0 Å². The highest BCUT2D eigenvalue weighted by molar-refractivity contribution is 5.96. The average molecular weight is 399 g/mol. The molecule has 1 aliphatic rings. The van der Waals surface area contributed by atoms with Crippen LogP contribution in [0.1, 0.15) is 72.4 Å². The molecule has 160 valence electrons. The lowest BCUT2D eigenvalue weighted by Crippen LogP contribution is -2.61. The standard InChI is InChI=1S/C25H38N2O2/c1-17(2)14-21-16-27(22(15-18(3)4)24(29)26-21)23(28)13-10-19-8-11-20(12-9-19)25(5,6)7/h8-13,17-18,21-22H,14-16H2,1-7H3,(H,26,29)/t21-,22-/m0/s1. The normalized spacial score (nSPS) is 20.6. The van der Waals surface area contributed by atoms with Crippen molar-refractivity contribution in [2.75, 3.05) is 6.54 Å². The van der Waals surface area contributed by atoms with Gasteiger partial charge in [-0.15, -0.1) is 0 Å². The smallest absolute Gasteiger partial charge is 0.247 e. The topological polar surface area (TPSA) is 49.4 Å². The first-order valence-corrected chi connectivity index (χ1v) is 10.9. The van der Waals surface area contributed by atoms with E-state index in [9.17, 15) is 9.59 Å². The summed E-state index contributed by atoms with van der Waals surface area (Å²) in [5.74, 6) is 0.707. The Bertz CT molecular complexity index is 726. The van der Waals surface area contributed by atoms with E-state index in [1.807, 2.05) is 18.2 Å². The lowest BCUT2D eigenvalue weighted by atomic mass is 9.87. The molecule has 0 spiro atoms. The number of rotatable bonds is 6. The van der Waals surface area contributed by atoms with Crippen LogP contribution in [0, 0.1) is 11.8 Å². The fourth-order valence-electron chi connectivity index (χ4n) is 3.83. The molecule has 1 heterocycles. The summed E-state index contributed by atoms with van der Waals surface area (Å²) in [6.07, 6.45) is 5.03. The van der Waals surface area contributed by atoms with E-state index in [1.165, 1.54) is 5.56 Å². The van der Waals surface area contributed by atoms with Crippen LogP contribution >= 0.6 is 0 Å². The highest BCUT2D eigenvalue weighted by Crippen LogP contribution is 2.23. The summed E-state index contributed by atoms with van der Waals surface area (Å²) in [7, 11) is 0. The summed E-state index contributed by atoms with van der Waals surface area (Å²) in [5.41, 5.74) is 2.36. The van der Waals surface area contributed by atoms with Crippen LogP contribution in [0.3, 0.4) is 0 Å². The van der Waals surface area contributed by atoms with Gasteiger partial charge in [-0.3, -0.25) is 9.59 Å². The Balaban J connectivity index is 2.16. The van der Waals surface area contributed by atoms with Crippen molar-refractivity contribution in [3.8, 4) is 0 Å². The Kier molecular flexibility index (Phi) is 7.67. The van der Waals surface area contributed by atoms with Crippen molar-refractivity contribution in [3.05, 3.63) is 41.5 Å². The maximum atomic E-state index is 13.0. The second-order valence-electron chi connectivity index (χ2n) is 10.2. The highest BCUT2D eigenvalue weighted by Gasteiger charge is 2.36. The first-order valence-electron chi connectivity index (χ1n) is 10.9. The van der Waals surface area contributed by atoms with Crippen molar-refractivity contribution < 1.29 is 9.59 Å². The van der Waals surface area contributed by atoms with Gasteiger partial charge in [0.05, 0.1) is 0 Å². The number of benzene rings is 1. The Hall–Kier alpha value is -2.10. The van der Waals surface area contributed by atoms with Gasteiger partial charge < -0.3 is 10.2 Å². The number of carbonyl (C=O) groups is 2. The van der Waals surface area contributed by atoms with E-state index in [2.05, 4.69) is 65.9 Å². The van der Waals surface area contributed by atoms with Crippen LogP contribution < -0.4 is 5.32 Å². The second-order valence-corrected chi connectivity index (χ2v) is 10.2. The van der Waals surface area contributed by atoms with Gasteiger partial charge in [0.15, 0.2) is 0 Å². The zero-order chi connectivity index (χ0) is 21.8. The van der Waals surface area contributed by atoms with Crippen LogP contribution in [0.4, 0.5) is 0 Å². The Morgan fingerprint density at radius 1 is 1.10 bits per heavy atom. The predicted octanol–water partition coefficient (Wildman–Crippen LogP) is 4.79. The summed E-state index contributed by atoms with van der Waals surface area (Å²) < 4.78 is 0. The van der Waals surface area contributed by atoms with E-state index in [0.717, 1.165) is 12.0 Å². The summed E-state index contributed by atoms with van der Waals surface area (Å²) in [6, 6.07) is 7.94. The van der Waals surface area contributed by atoms with Crippen LogP contribution in [0.15, 0.2) is 30.3 Å². The molecule has 0 radical (unpaired) electrons. The average Bonchev–Trinajstić information content (AvgIpc) is 2.60. The molecule has 1 saturated heterocycles. The number of nitrogens with one attached hydrogen (secondary N) is 1. The van der Waals surface area contributed by atoms with Crippen LogP contribution in [0.25, 0.3) is 6.08 Å². The predicted molar refractivity (Wildman–Crippen MR) is 121 cm³/mol. The molecule has 2 atom stereocenters. The molecule has 1 aromatic rings. The van der Waals surface area contributed by atoms with Crippen LogP contribution in [0.5, 0.6) is 0 Å². The van der Waals surface area contributed by atoms with Gasteiger partial charge >= 0.3 is 0 Å². The summed E-state index contributed by atoms with van der Waals surface area (Å²) in [6.45, 7) is 15.6. The van der Waals surface area contributed by atoms with Gasteiger partial charge in [0.25, 0.3) is 0 Å². The van der Waals surface area contributed by atoms with Crippen LogP contribution in [-0.4, -0.2) is 35.3 Å². The van der Waals surface area contributed by atoms with E-state index in [4.69, 9.17) is 0 Å². The summed E-state index contributed by atoms with van der Waals surface area (Å²) in [4.78, 5) is 27.5. The zero-order valence-electron chi connectivity index (χ0n) is 19.2. The number of nitrogens with zero attached hydrogens (tertiary/aromatic N) is 1. The molecule has 2 amide bonds. The SMILES string of the molecule is CC(C)C[C@H]1CN(C(=O)C=Cc2ccc(C(C)(C)C)cc2)[C@@H](CC(C)C)C(=O)N1. The first kappa shape index (κ1) is 23.2. The number of piperazine rings is 1. The van der Waals surface area contributed by atoms with Crippen molar-refractivity contribution in [2.24, 2.45) is 11.8 Å². The van der Waals surface area contributed by atoms with Gasteiger partial charge in [-0.05, 0) is 47.3 Å². The molecule has 0 bridgehead atoms. The van der Waals surface area contributed by atoms with Gasteiger partial charge in [0, 0.05) is 18.7 Å². The van der Waals surface area contributed by atoms with E-state index in [1.54, 1.807) is 11.0 Å². The second kappa shape index (κ2) is 9.60. The first-order chi connectivity index (χ1) is 13.5. The van der Waals surface area contributed by atoms with Crippen molar-refractivity contribution >= 4 is 17.9 Å². The van der Waals surface area contributed by atoms with E-state index >= 15 is 0 Å². The van der Waals surface area contributed by atoms with Gasteiger partial charge in [-0.1, -0.05) is 72.7 Å². The van der Waals surface area contributed by atoms with Gasteiger partial charge in [0.2, 0.25) is 11.8 Å². The van der Waals surface area contributed by atoms with Crippen molar-refractivity contribution in [1.82, 2.24) is 10.2 Å². The summed E-state index contributed by atoms with van der Waals surface area (Å²) in [5, 5.41) is 3.13. The maximum Gasteiger partial charge on any atom is 0.247 e. The van der Waals surface area contributed by atoms with E-state index in [0.29, 0.717) is 24.8 Å². The van der Waals surface area contributed by atoms with Gasteiger partial charge in [0.1, 0.15) is 6.04 Å². The van der Waals surface area contributed by atoms with Gasteiger partial charge in [-0.2, -0.15) is 0 Å². The molecule has 0 unspecified atom stereocenters. The minimum absolute atomic E-state index is 0.0214. The van der Waals surface area contributed by atoms with Crippen molar-refractivity contribution in [1.29, 1.82) is 0 Å². The molecule has 1 aliphatic heterocycles. The number of hydrogen-bond donors (Lipinski definition) is 1. The quantitative estimate of drug-likeness (QED) is 0.701. The fourth-order valence-corrected chi connectivity index (χ4v) is 3.83. The third-order valence-electron chi connectivity index (χ3n) is 5.37. The highest BCUT2D eigenvalue weighted by atomic mass is 16.2.